The topological polar surface area (TPSA) is 62.2 Å². The summed E-state index contributed by atoms with van der Waals surface area (Å²) in [6.45, 7) is 3.86. The Labute approximate surface area is 159 Å². The van der Waals surface area contributed by atoms with Crippen molar-refractivity contribution in [2.24, 2.45) is 0 Å². The molecule has 140 valence electrons. The fraction of sp³-hybridized carbons (Fsp3) is 0.200. The molecule has 4 nitrogen and oxygen atoms in total. The van der Waals surface area contributed by atoms with E-state index in [2.05, 4.69) is 16.4 Å². The van der Waals surface area contributed by atoms with E-state index >= 15 is 0 Å². The van der Waals surface area contributed by atoms with Crippen molar-refractivity contribution in [3.63, 3.8) is 0 Å². The Bertz CT molecular complexity index is 988. The first kappa shape index (κ1) is 19.1. The molecule has 27 heavy (non-hydrogen) atoms. The van der Waals surface area contributed by atoms with Gasteiger partial charge in [-0.15, -0.1) is 11.3 Å². The van der Waals surface area contributed by atoms with E-state index < -0.39 is 23.6 Å². The van der Waals surface area contributed by atoms with Crippen LogP contribution in [0, 0.1) is 25.5 Å². The molecule has 0 aliphatic carbocycles. The quantitative estimate of drug-likeness (QED) is 0.690. The molecule has 1 aromatic heterocycles. The van der Waals surface area contributed by atoms with Crippen LogP contribution < -0.4 is 5.32 Å². The van der Waals surface area contributed by atoms with Gasteiger partial charge in [0.1, 0.15) is 10.7 Å². The minimum atomic E-state index is -1.15. The lowest BCUT2D eigenvalue weighted by molar-refractivity contribution is 0.0912. The second-order valence-electron chi connectivity index (χ2n) is 6.26. The predicted octanol–water partition coefficient (Wildman–Crippen LogP) is 4.17. The molecule has 0 saturated carbocycles. The van der Waals surface area contributed by atoms with Gasteiger partial charge in [-0.2, -0.15) is 0 Å². The summed E-state index contributed by atoms with van der Waals surface area (Å²) in [4.78, 5) is 16.6. The van der Waals surface area contributed by atoms with Gasteiger partial charge in [0.15, 0.2) is 11.6 Å². The third-order valence-electron chi connectivity index (χ3n) is 4.13. The lowest BCUT2D eigenvalue weighted by Crippen LogP contribution is -2.28. The molecule has 1 heterocycles. The van der Waals surface area contributed by atoms with Crippen molar-refractivity contribution in [3.8, 4) is 10.6 Å². The van der Waals surface area contributed by atoms with Crippen LogP contribution >= 0.6 is 11.3 Å². The summed E-state index contributed by atoms with van der Waals surface area (Å²) in [5.41, 5.74) is 3.62. The van der Waals surface area contributed by atoms with Crippen LogP contribution in [0.3, 0.4) is 0 Å². The van der Waals surface area contributed by atoms with E-state index in [-0.39, 0.29) is 17.8 Å². The number of aryl methyl sites for hydroxylation is 2. The van der Waals surface area contributed by atoms with Crippen molar-refractivity contribution in [2.75, 3.05) is 6.54 Å². The molecule has 3 aromatic rings. The summed E-state index contributed by atoms with van der Waals surface area (Å²) >= 11 is 1.36. The number of aliphatic hydroxyl groups excluding tert-OH is 1. The minimum absolute atomic E-state index is 0.139. The number of amides is 1. The number of carbonyl (C=O) groups excluding carboxylic acids is 1. The number of aromatic nitrogens is 1. The van der Waals surface area contributed by atoms with Crippen LogP contribution in [0.2, 0.25) is 0 Å². The zero-order valence-electron chi connectivity index (χ0n) is 14.8. The van der Waals surface area contributed by atoms with Crippen molar-refractivity contribution >= 4 is 17.2 Å². The highest BCUT2D eigenvalue weighted by Crippen LogP contribution is 2.27. The maximum atomic E-state index is 13.2. The number of nitrogens with one attached hydrogen (secondary N) is 1. The van der Waals surface area contributed by atoms with Gasteiger partial charge in [-0.05, 0) is 37.1 Å². The zero-order valence-corrected chi connectivity index (χ0v) is 15.6. The zero-order chi connectivity index (χ0) is 19.6. The Morgan fingerprint density at radius 2 is 1.96 bits per heavy atom. The average Bonchev–Trinajstić information content (AvgIpc) is 3.11. The van der Waals surface area contributed by atoms with Crippen molar-refractivity contribution in [1.82, 2.24) is 10.3 Å². The number of carbonyl (C=O) groups is 1. The number of benzene rings is 2. The number of hydrogen-bond acceptors (Lipinski definition) is 4. The highest BCUT2D eigenvalue weighted by molar-refractivity contribution is 7.13. The van der Waals surface area contributed by atoms with E-state index in [4.69, 9.17) is 0 Å². The van der Waals surface area contributed by atoms with Gasteiger partial charge in [0.2, 0.25) is 0 Å². The van der Waals surface area contributed by atoms with Crippen molar-refractivity contribution in [3.05, 3.63) is 75.8 Å². The molecule has 0 aliphatic heterocycles. The van der Waals surface area contributed by atoms with E-state index in [0.29, 0.717) is 0 Å². The molecule has 0 bridgehead atoms. The Balaban J connectivity index is 1.66. The van der Waals surface area contributed by atoms with Gasteiger partial charge >= 0.3 is 0 Å². The number of nitrogens with zero attached hydrogens (tertiary/aromatic N) is 1. The Kier molecular flexibility index (Phi) is 5.62. The smallest absolute Gasteiger partial charge is 0.270 e. The number of rotatable bonds is 5. The number of halogens is 2. The maximum Gasteiger partial charge on any atom is 0.270 e. The van der Waals surface area contributed by atoms with Crippen molar-refractivity contribution < 1.29 is 18.7 Å². The Hall–Kier alpha value is -2.64. The molecule has 0 spiro atoms. The van der Waals surface area contributed by atoms with Gasteiger partial charge < -0.3 is 10.4 Å². The molecule has 0 radical (unpaired) electrons. The van der Waals surface area contributed by atoms with Crippen LogP contribution in [0.25, 0.3) is 10.6 Å². The second kappa shape index (κ2) is 7.94. The van der Waals surface area contributed by atoms with Crippen LogP contribution in [-0.4, -0.2) is 22.5 Å². The minimum Gasteiger partial charge on any atom is -0.387 e. The summed E-state index contributed by atoms with van der Waals surface area (Å²) < 4.78 is 26.2. The normalized spacial score (nSPS) is 12.0. The summed E-state index contributed by atoms with van der Waals surface area (Å²) in [5.74, 6) is -2.48. The van der Waals surface area contributed by atoms with Crippen LogP contribution in [0.15, 0.2) is 41.8 Å². The fourth-order valence-electron chi connectivity index (χ4n) is 2.67. The van der Waals surface area contributed by atoms with Gasteiger partial charge in [0.25, 0.3) is 5.91 Å². The lowest BCUT2D eigenvalue weighted by Gasteiger charge is -2.12. The molecule has 0 fully saturated rings. The molecule has 7 heteroatoms. The monoisotopic (exact) mass is 388 g/mol. The van der Waals surface area contributed by atoms with Gasteiger partial charge in [-0.25, -0.2) is 13.8 Å². The van der Waals surface area contributed by atoms with E-state index in [1.807, 2.05) is 26.0 Å². The van der Waals surface area contributed by atoms with Crippen molar-refractivity contribution in [1.29, 1.82) is 0 Å². The molecule has 2 N–H and O–H groups in total. The first-order valence-corrected chi connectivity index (χ1v) is 9.17. The van der Waals surface area contributed by atoms with Crippen molar-refractivity contribution in [2.45, 2.75) is 20.0 Å². The third-order valence-corrected chi connectivity index (χ3v) is 5.01. The standard InChI is InChI=1S/C20H18F2N2O2S/c1-11-3-5-14(12(2)7-11)20-24-17(10-27-20)19(26)23-9-18(25)13-4-6-15(21)16(22)8-13/h3-8,10,18,25H,9H2,1-2H3,(H,23,26). The molecule has 2 aromatic carbocycles. The first-order chi connectivity index (χ1) is 12.8. The summed E-state index contributed by atoms with van der Waals surface area (Å²) in [6, 6.07) is 9.13. The van der Waals surface area contributed by atoms with Crippen LogP contribution in [0.5, 0.6) is 0 Å². The number of hydrogen-bond donors (Lipinski definition) is 2. The molecule has 0 saturated heterocycles. The largest absolute Gasteiger partial charge is 0.387 e. The molecule has 3 rings (SSSR count). The maximum absolute atomic E-state index is 13.2. The Morgan fingerprint density at radius 1 is 1.19 bits per heavy atom. The summed E-state index contributed by atoms with van der Waals surface area (Å²) in [6.07, 6.45) is -1.15. The molecule has 1 atom stereocenters. The molecular formula is C20H18F2N2O2S. The van der Waals surface area contributed by atoms with E-state index in [0.717, 1.165) is 33.8 Å². The molecular weight excluding hydrogens is 370 g/mol. The summed E-state index contributed by atoms with van der Waals surface area (Å²) in [5, 5.41) is 15.0. The van der Waals surface area contributed by atoms with Crippen LogP contribution in [0.1, 0.15) is 33.3 Å². The average molecular weight is 388 g/mol. The fourth-order valence-corrected chi connectivity index (χ4v) is 3.56. The highest BCUT2D eigenvalue weighted by Gasteiger charge is 2.16. The van der Waals surface area contributed by atoms with Crippen LogP contribution in [0.4, 0.5) is 8.78 Å². The van der Waals surface area contributed by atoms with Gasteiger partial charge in [0.05, 0.1) is 6.10 Å². The number of thiazole rings is 1. The van der Waals surface area contributed by atoms with Gasteiger partial charge in [-0.3, -0.25) is 4.79 Å². The van der Waals surface area contributed by atoms with Gasteiger partial charge in [-0.1, -0.05) is 29.8 Å². The molecule has 0 aliphatic rings. The second-order valence-corrected chi connectivity index (χ2v) is 7.11. The lowest BCUT2D eigenvalue weighted by atomic mass is 10.1. The number of aliphatic hydroxyl groups is 1. The third kappa shape index (κ3) is 4.37. The first-order valence-electron chi connectivity index (χ1n) is 8.29. The van der Waals surface area contributed by atoms with Crippen LogP contribution in [-0.2, 0) is 0 Å². The Morgan fingerprint density at radius 3 is 2.67 bits per heavy atom. The van der Waals surface area contributed by atoms with Gasteiger partial charge in [0, 0.05) is 17.5 Å². The van der Waals surface area contributed by atoms with E-state index in [1.54, 1.807) is 5.38 Å². The molecule has 1 unspecified atom stereocenters. The van der Waals surface area contributed by atoms with E-state index in [1.165, 1.54) is 17.4 Å². The summed E-state index contributed by atoms with van der Waals surface area (Å²) in [7, 11) is 0. The predicted molar refractivity (Wildman–Crippen MR) is 101 cm³/mol. The molecule has 1 amide bonds. The van der Waals surface area contributed by atoms with E-state index in [9.17, 15) is 18.7 Å². The highest BCUT2D eigenvalue weighted by atomic mass is 32.1. The SMILES string of the molecule is Cc1ccc(-c2nc(C(=O)NCC(O)c3ccc(F)c(F)c3)cs2)c(C)c1.